The van der Waals surface area contributed by atoms with Gasteiger partial charge in [0.25, 0.3) is 0 Å². The minimum absolute atomic E-state index is 0.0438. The second-order valence-electron chi connectivity index (χ2n) is 18.0. The molecule has 320 valence electrons. The lowest BCUT2D eigenvalue weighted by molar-refractivity contribution is 0.788. The van der Waals surface area contributed by atoms with Crippen LogP contribution in [-0.4, -0.2) is 10.6 Å². The Balaban J connectivity index is 0.951. The van der Waals surface area contributed by atoms with Gasteiger partial charge in [-0.25, -0.2) is 0 Å². The molecule has 0 aliphatic heterocycles. The van der Waals surface area contributed by atoms with Crippen LogP contribution in [-0.2, 0) is 0 Å². The number of hydrogen-bond acceptors (Lipinski definition) is 1. The summed E-state index contributed by atoms with van der Waals surface area (Å²) in [6.07, 6.45) is 8.11. The van der Waals surface area contributed by atoms with Crippen LogP contribution in [0.4, 0.5) is 11.4 Å². The lowest BCUT2D eigenvalue weighted by Gasteiger charge is -2.34. The molecule has 2 heteroatoms. The summed E-state index contributed by atoms with van der Waals surface area (Å²) in [7, 11) is 0. The van der Waals surface area contributed by atoms with Gasteiger partial charge in [-0.2, -0.15) is 0 Å². The molecule has 2 nitrogen and oxygen atoms in total. The molecule has 1 unspecified atom stereocenters. The molecule has 11 aromatic carbocycles. The fraction of sp³-hybridized carbons (Fsp3) is 0.0303. The highest BCUT2D eigenvalue weighted by molar-refractivity contribution is 6.23. The van der Waals surface area contributed by atoms with Gasteiger partial charge < -0.3 is 9.47 Å². The number of rotatable bonds is 8. The first kappa shape index (κ1) is 39.6. The van der Waals surface area contributed by atoms with Crippen LogP contribution in [0.2, 0.25) is 0 Å². The molecule has 1 atom stereocenters. The molecule has 13 rings (SSSR count). The van der Waals surface area contributed by atoms with E-state index in [1.165, 1.54) is 98.6 Å². The maximum absolute atomic E-state index is 2.54. The van der Waals surface area contributed by atoms with E-state index < -0.39 is 0 Å². The van der Waals surface area contributed by atoms with Crippen LogP contribution < -0.4 is 4.90 Å². The van der Waals surface area contributed by atoms with Crippen molar-refractivity contribution in [3.05, 3.63) is 266 Å². The number of fused-ring (bicyclic) bond motifs is 8. The molecule has 12 aromatic rings. The van der Waals surface area contributed by atoms with Gasteiger partial charge in [0.1, 0.15) is 0 Å². The zero-order chi connectivity index (χ0) is 45.0. The molecular formula is C66H46N2. The van der Waals surface area contributed by atoms with Gasteiger partial charge in [-0.15, -0.1) is 0 Å². The number of para-hydroxylation sites is 2. The monoisotopic (exact) mass is 866 g/mol. The Morgan fingerprint density at radius 3 is 1.54 bits per heavy atom. The van der Waals surface area contributed by atoms with Crippen molar-refractivity contribution in [1.29, 1.82) is 0 Å². The van der Waals surface area contributed by atoms with Crippen molar-refractivity contribution in [3.8, 4) is 39.1 Å². The molecule has 1 heterocycles. The average molecular weight is 867 g/mol. The number of aromatic nitrogens is 1. The van der Waals surface area contributed by atoms with E-state index in [0.29, 0.717) is 0 Å². The van der Waals surface area contributed by atoms with E-state index in [-0.39, 0.29) is 6.04 Å². The van der Waals surface area contributed by atoms with Crippen molar-refractivity contribution in [2.45, 2.75) is 12.5 Å². The third-order valence-corrected chi connectivity index (χ3v) is 14.1. The average Bonchev–Trinajstić information content (AvgIpc) is 3.77. The van der Waals surface area contributed by atoms with E-state index in [0.717, 1.165) is 23.5 Å². The molecule has 1 aromatic heterocycles. The maximum Gasteiger partial charge on any atom is 0.0625 e. The van der Waals surface area contributed by atoms with Gasteiger partial charge in [-0.3, -0.25) is 0 Å². The van der Waals surface area contributed by atoms with Crippen LogP contribution in [0.1, 0.15) is 12.0 Å². The van der Waals surface area contributed by atoms with Gasteiger partial charge in [-0.05, 0) is 132 Å². The Kier molecular flexibility index (Phi) is 9.68. The third-order valence-electron chi connectivity index (χ3n) is 14.1. The largest absolute Gasteiger partial charge is 0.334 e. The van der Waals surface area contributed by atoms with Gasteiger partial charge in [0, 0.05) is 33.2 Å². The minimum Gasteiger partial charge on any atom is -0.334 e. The van der Waals surface area contributed by atoms with E-state index in [1.807, 2.05) is 0 Å². The molecule has 0 bridgehead atoms. The Morgan fingerprint density at radius 1 is 0.382 bits per heavy atom. The van der Waals surface area contributed by atoms with Crippen molar-refractivity contribution in [2.75, 3.05) is 4.90 Å². The minimum atomic E-state index is 0.0438. The number of nitrogens with zero attached hydrogens (tertiary/aromatic N) is 2. The fourth-order valence-corrected chi connectivity index (χ4v) is 10.9. The SMILES string of the molecule is C1=CC(c2cc3ccccc3c3c2c2ccccc2n3-c2ccccc2)=CC(N(c2ccc(-c3ccc(-c4ccccc4)cc3)cc2)c2ccc(-c3cc4ccccc4c4ccccc34)cc2)C1. The Bertz CT molecular complexity index is 3900. The summed E-state index contributed by atoms with van der Waals surface area (Å²) in [5.74, 6) is 0. The van der Waals surface area contributed by atoms with Crippen LogP contribution in [0.5, 0.6) is 0 Å². The summed E-state index contributed by atoms with van der Waals surface area (Å²) in [5.41, 5.74) is 15.7. The third kappa shape index (κ3) is 6.81. The number of hydrogen-bond donors (Lipinski definition) is 0. The second kappa shape index (κ2) is 16.6. The number of anilines is 2. The summed E-state index contributed by atoms with van der Waals surface area (Å²) < 4.78 is 2.46. The Morgan fingerprint density at radius 2 is 0.868 bits per heavy atom. The summed E-state index contributed by atoms with van der Waals surface area (Å²) in [4.78, 5) is 2.54. The molecule has 0 saturated carbocycles. The summed E-state index contributed by atoms with van der Waals surface area (Å²) in [6.45, 7) is 0. The molecule has 68 heavy (non-hydrogen) atoms. The first-order valence-corrected chi connectivity index (χ1v) is 23.7. The van der Waals surface area contributed by atoms with Gasteiger partial charge in [0.2, 0.25) is 0 Å². The van der Waals surface area contributed by atoms with Gasteiger partial charge >= 0.3 is 0 Å². The van der Waals surface area contributed by atoms with Gasteiger partial charge in [-0.1, -0.05) is 206 Å². The van der Waals surface area contributed by atoms with Gasteiger partial charge in [0.05, 0.1) is 17.1 Å². The molecular weight excluding hydrogens is 821 g/mol. The number of allylic oxidation sites excluding steroid dienone is 2. The van der Waals surface area contributed by atoms with Crippen molar-refractivity contribution in [1.82, 2.24) is 4.57 Å². The first-order valence-electron chi connectivity index (χ1n) is 23.7. The fourth-order valence-electron chi connectivity index (χ4n) is 10.9. The van der Waals surface area contributed by atoms with Crippen LogP contribution in [0.15, 0.2) is 261 Å². The predicted molar refractivity (Wildman–Crippen MR) is 290 cm³/mol. The van der Waals surface area contributed by atoms with Crippen LogP contribution in [0.3, 0.4) is 0 Å². The first-order chi connectivity index (χ1) is 33.7. The highest BCUT2D eigenvalue weighted by atomic mass is 15.2. The van der Waals surface area contributed by atoms with Crippen LogP contribution >= 0.6 is 0 Å². The highest BCUT2D eigenvalue weighted by Crippen LogP contribution is 2.44. The van der Waals surface area contributed by atoms with Crippen molar-refractivity contribution < 1.29 is 0 Å². The maximum atomic E-state index is 2.54. The van der Waals surface area contributed by atoms with Gasteiger partial charge in [0.15, 0.2) is 0 Å². The topological polar surface area (TPSA) is 8.17 Å². The molecule has 0 fully saturated rings. The smallest absolute Gasteiger partial charge is 0.0625 e. The number of benzene rings is 11. The zero-order valence-corrected chi connectivity index (χ0v) is 37.5. The predicted octanol–water partition coefficient (Wildman–Crippen LogP) is 17.8. The van der Waals surface area contributed by atoms with Crippen molar-refractivity contribution >= 4 is 71.1 Å². The van der Waals surface area contributed by atoms with E-state index in [9.17, 15) is 0 Å². The summed E-state index contributed by atoms with van der Waals surface area (Å²) in [6, 6.07) is 88.9. The second-order valence-corrected chi connectivity index (χ2v) is 18.0. The lowest BCUT2D eigenvalue weighted by atomic mass is 9.90. The van der Waals surface area contributed by atoms with Crippen molar-refractivity contribution in [2.24, 2.45) is 0 Å². The van der Waals surface area contributed by atoms with Crippen LogP contribution in [0.25, 0.3) is 98.8 Å². The molecule has 0 radical (unpaired) electrons. The Hall–Kier alpha value is -8.72. The zero-order valence-electron chi connectivity index (χ0n) is 37.5. The normalized spacial score (nSPS) is 13.7. The van der Waals surface area contributed by atoms with Crippen molar-refractivity contribution in [3.63, 3.8) is 0 Å². The molecule has 0 spiro atoms. The summed E-state index contributed by atoms with van der Waals surface area (Å²) in [5, 5.41) is 10.1. The Labute approximate surface area is 396 Å². The lowest BCUT2D eigenvalue weighted by Crippen LogP contribution is -2.30. The molecule has 1 aliphatic rings. The molecule has 0 saturated heterocycles. The molecule has 0 N–H and O–H groups in total. The molecule has 0 amide bonds. The summed E-state index contributed by atoms with van der Waals surface area (Å²) >= 11 is 0. The van der Waals surface area contributed by atoms with E-state index in [4.69, 9.17) is 0 Å². The highest BCUT2D eigenvalue weighted by Gasteiger charge is 2.25. The van der Waals surface area contributed by atoms with E-state index in [1.54, 1.807) is 0 Å². The van der Waals surface area contributed by atoms with E-state index >= 15 is 0 Å². The van der Waals surface area contributed by atoms with Crippen LogP contribution in [0, 0.1) is 0 Å². The standard InChI is InChI=1S/C66H46N2/c1-3-16-45(17-4-1)46-30-32-47(33-31-46)48-34-38-54(39-35-48)67(55-40-36-49(37-41-55)62-43-51-18-7-9-24-57(51)59-26-11-12-27-60(59)62)56-23-15-20-50(42-56)63-44-52-19-8-10-25-58(52)66-65(63)61-28-13-14-29-64(61)68(66)53-21-5-2-6-22-53/h1-22,24-44,56H,23H2. The quantitative estimate of drug-likeness (QED) is 0.138. The molecule has 1 aliphatic carbocycles. The van der Waals surface area contributed by atoms with E-state index in [2.05, 4.69) is 270 Å².